The number of nitrogens with one attached hydrogen (secondary N) is 2. The molecule has 24 heavy (non-hydrogen) atoms. The summed E-state index contributed by atoms with van der Waals surface area (Å²) in [4.78, 5) is 14.5. The first-order valence-electron chi connectivity index (χ1n) is 8.21. The van der Waals surface area contributed by atoms with Crippen LogP contribution in [-0.2, 0) is 16.0 Å². The Bertz CT molecular complexity index is 710. The van der Waals surface area contributed by atoms with Crippen LogP contribution in [0.25, 0.3) is 11.0 Å². The van der Waals surface area contributed by atoms with Crippen molar-refractivity contribution in [2.45, 2.75) is 19.6 Å². The van der Waals surface area contributed by atoms with Gasteiger partial charge in [-0.05, 0) is 24.6 Å². The molecule has 3 rings (SSSR count). The Morgan fingerprint density at radius 2 is 2.42 bits per heavy atom. The van der Waals surface area contributed by atoms with Gasteiger partial charge in [0.1, 0.15) is 5.82 Å². The van der Waals surface area contributed by atoms with Gasteiger partial charge in [-0.15, -0.1) is 0 Å². The van der Waals surface area contributed by atoms with E-state index in [1.807, 2.05) is 6.07 Å². The molecule has 1 aromatic carbocycles. The van der Waals surface area contributed by atoms with Crippen molar-refractivity contribution in [2.75, 3.05) is 40.5 Å². The number of imidazole rings is 1. The minimum absolute atomic E-state index is 0.0801. The van der Waals surface area contributed by atoms with E-state index in [0.29, 0.717) is 19.8 Å². The summed E-state index contributed by atoms with van der Waals surface area (Å²) < 4.78 is 10.9. The summed E-state index contributed by atoms with van der Waals surface area (Å²) in [5.41, 5.74) is 3.27. The van der Waals surface area contributed by atoms with Crippen LogP contribution in [0.3, 0.4) is 0 Å². The van der Waals surface area contributed by atoms with E-state index < -0.39 is 0 Å². The van der Waals surface area contributed by atoms with E-state index in [4.69, 9.17) is 9.47 Å². The quantitative estimate of drug-likeness (QED) is 0.652. The molecule has 1 unspecified atom stereocenters. The smallest absolute Gasteiger partial charge is 0.194 e. The lowest BCUT2D eigenvalue weighted by Crippen LogP contribution is -2.51. The number of methoxy groups -OCH3 is 1. The van der Waals surface area contributed by atoms with Crippen molar-refractivity contribution in [3.8, 4) is 0 Å². The summed E-state index contributed by atoms with van der Waals surface area (Å²) in [5.74, 6) is 1.76. The number of nitrogens with zero attached hydrogens (tertiary/aromatic N) is 3. The minimum atomic E-state index is 0.0801. The summed E-state index contributed by atoms with van der Waals surface area (Å²) in [7, 11) is 3.49. The highest BCUT2D eigenvalue weighted by molar-refractivity contribution is 5.80. The second-order valence-corrected chi connectivity index (χ2v) is 6.00. The van der Waals surface area contributed by atoms with Gasteiger partial charge in [-0.1, -0.05) is 6.07 Å². The zero-order valence-corrected chi connectivity index (χ0v) is 14.5. The number of fused-ring (bicyclic) bond motifs is 1. The predicted octanol–water partition coefficient (Wildman–Crippen LogP) is 1.29. The van der Waals surface area contributed by atoms with Crippen LogP contribution in [0.1, 0.15) is 11.4 Å². The summed E-state index contributed by atoms with van der Waals surface area (Å²) in [6.45, 7) is 5.54. The highest BCUT2D eigenvalue weighted by atomic mass is 16.5. The Hall–Kier alpha value is -2.12. The molecule has 1 fully saturated rings. The third-order valence-electron chi connectivity index (χ3n) is 4.10. The summed E-state index contributed by atoms with van der Waals surface area (Å²) in [6.07, 6.45) is 0.0801. The SMILES string of the molecule is CN=C(NCc1nc2ccc(C)cc2[nH]1)N1CCOC(COC)C1. The Balaban J connectivity index is 1.62. The number of H-pyrrole nitrogens is 1. The van der Waals surface area contributed by atoms with Gasteiger partial charge in [0.05, 0.1) is 36.9 Å². The van der Waals surface area contributed by atoms with Crippen LogP contribution in [0.4, 0.5) is 0 Å². The molecule has 7 nitrogen and oxygen atoms in total. The van der Waals surface area contributed by atoms with Gasteiger partial charge in [0, 0.05) is 27.2 Å². The van der Waals surface area contributed by atoms with Gasteiger partial charge >= 0.3 is 0 Å². The molecule has 0 spiro atoms. The standard InChI is InChI=1S/C17H25N5O2/c1-12-4-5-14-15(8-12)21-16(20-14)9-19-17(18-2)22-6-7-24-13(10-22)11-23-3/h4-5,8,13H,6-7,9-11H2,1-3H3,(H,18,19)(H,20,21). The first kappa shape index (κ1) is 16.7. The first-order valence-corrected chi connectivity index (χ1v) is 8.21. The molecule has 2 N–H and O–H groups in total. The number of aliphatic imine (C=N–C) groups is 1. The molecule has 0 saturated carbocycles. The monoisotopic (exact) mass is 331 g/mol. The van der Waals surface area contributed by atoms with Crippen molar-refractivity contribution in [2.24, 2.45) is 4.99 Å². The van der Waals surface area contributed by atoms with E-state index in [1.54, 1.807) is 14.2 Å². The van der Waals surface area contributed by atoms with Crippen molar-refractivity contribution in [3.05, 3.63) is 29.6 Å². The van der Waals surface area contributed by atoms with Crippen LogP contribution in [0, 0.1) is 6.92 Å². The lowest BCUT2D eigenvalue weighted by atomic mass is 10.2. The van der Waals surface area contributed by atoms with Gasteiger partial charge in [-0.25, -0.2) is 4.98 Å². The molecule has 0 amide bonds. The maximum Gasteiger partial charge on any atom is 0.194 e. The molecule has 0 aliphatic carbocycles. The number of morpholine rings is 1. The van der Waals surface area contributed by atoms with E-state index in [1.165, 1.54) is 5.56 Å². The topological polar surface area (TPSA) is 74.8 Å². The van der Waals surface area contributed by atoms with Crippen molar-refractivity contribution in [1.29, 1.82) is 0 Å². The predicted molar refractivity (Wildman–Crippen MR) is 94.2 cm³/mol. The largest absolute Gasteiger partial charge is 0.382 e. The summed E-state index contributed by atoms with van der Waals surface area (Å²) in [5, 5.41) is 3.38. The van der Waals surface area contributed by atoms with E-state index in [0.717, 1.165) is 35.9 Å². The van der Waals surface area contributed by atoms with Crippen LogP contribution in [0.2, 0.25) is 0 Å². The number of rotatable bonds is 4. The Labute approximate surface area is 142 Å². The number of guanidine groups is 1. The van der Waals surface area contributed by atoms with E-state index in [9.17, 15) is 0 Å². The molecular weight excluding hydrogens is 306 g/mol. The maximum absolute atomic E-state index is 5.69. The Kier molecular flexibility index (Phi) is 5.32. The van der Waals surface area contributed by atoms with Crippen LogP contribution in [0.15, 0.2) is 23.2 Å². The minimum Gasteiger partial charge on any atom is -0.382 e. The van der Waals surface area contributed by atoms with Gasteiger partial charge < -0.3 is 24.7 Å². The Morgan fingerprint density at radius 1 is 1.54 bits per heavy atom. The fourth-order valence-electron chi connectivity index (χ4n) is 2.95. The lowest BCUT2D eigenvalue weighted by Gasteiger charge is -2.34. The lowest BCUT2D eigenvalue weighted by molar-refractivity contribution is -0.0447. The molecule has 0 radical (unpaired) electrons. The zero-order valence-electron chi connectivity index (χ0n) is 14.5. The fraction of sp³-hybridized carbons (Fsp3) is 0.529. The third kappa shape index (κ3) is 3.85. The number of aryl methyl sites for hydroxylation is 1. The van der Waals surface area contributed by atoms with Gasteiger partial charge in [0.15, 0.2) is 5.96 Å². The highest BCUT2D eigenvalue weighted by Gasteiger charge is 2.22. The van der Waals surface area contributed by atoms with Crippen molar-refractivity contribution in [3.63, 3.8) is 0 Å². The zero-order chi connectivity index (χ0) is 16.9. The van der Waals surface area contributed by atoms with E-state index in [2.05, 4.69) is 44.2 Å². The maximum atomic E-state index is 5.69. The third-order valence-corrected chi connectivity index (χ3v) is 4.10. The number of benzene rings is 1. The number of aromatic nitrogens is 2. The second kappa shape index (κ2) is 7.63. The molecule has 7 heteroatoms. The fourth-order valence-corrected chi connectivity index (χ4v) is 2.95. The number of aromatic amines is 1. The molecular formula is C17H25N5O2. The molecule has 2 heterocycles. The van der Waals surface area contributed by atoms with Gasteiger partial charge in [-0.3, -0.25) is 4.99 Å². The van der Waals surface area contributed by atoms with E-state index in [-0.39, 0.29) is 6.10 Å². The molecule has 1 atom stereocenters. The van der Waals surface area contributed by atoms with Gasteiger partial charge in [0.2, 0.25) is 0 Å². The first-order chi connectivity index (χ1) is 11.7. The normalized spacial score (nSPS) is 19.0. The van der Waals surface area contributed by atoms with Gasteiger partial charge in [0.25, 0.3) is 0 Å². The number of hydrogen-bond acceptors (Lipinski definition) is 4. The average molecular weight is 331 g/mol. The van der Waals surface area contributed by atoms with Crippen LogP contribution < -0.4 is 5.32 Å². The van der Waals surface area contributed by atoms with Gasteiger partial charge in [-0.2, -0.15) is 0 Å². The molecule has 1 aliphatic heterocycles. The molecule has 1 saturated heterocycles. The second-order valence-electron chi connectivity index (χ2n) is 6.00. The van der Waals surface area contributed by atoms with Crippen molar-refractivity contribution in [1.82, 2.24) is 20.2 Å². The summed E-state index contributed by atoms with van der Waals surface area (Å²) in [6, 6.07) is 6.22. The van der Waals surface area contributed by atoms with Crippen molar-refractivity contribution < 1.29 is 9.47 Å². The number of hydrogen-bond donors (Lipinski definition) is 2. The Morgan fingerprint density at radius 3 is 3.21 bits per heavy atom. The molecule has 1 aliphatic rings. The highest BCUT2D eigenvalue weighted by Crippen LogP contribution is 2.13. The summed E-state index contributed by atoms with van der Waals surface area (Å²) >= 11 is 0. The molecule has 0 bridgehead atoms. The van der Waals surface area contributed by atoms with Crippen LogP contribution in [-0.4, -0.2) is 67.4 Å². The average Bonchev–Trinajstić information content (AvgIpc) is 2.98. The van der Waals surface area contributed by atoms with Crippen molar-refractivity contribution >= 4 is 17.0 Å². The molecule has 130 valence electrons. The van der Waals surface area contributed by atoms with E-state index >= 15 is 0 Å². The van der Waals surface area contributed by atoms with Crippen LogP contribution in [0.5, 0.6) is 0 Å². The van der Waals surface area contributed by atoms with Crippen LogP contribution >= 0.6 is 0 Å². The number of ether oxygens (including phenoxy) is 2. The molecule has 1 aromatic heterocycles. The molecule has 2 aromatic rings.